The lowest BCUT2D eigenvalue weighted by molar-refractivity contribution is -0.130. The monoisotopic (exact) mass is 365 g/mol. The number of amides is 3. The quantitative estimate of drug-likeness (QED) is 0.754. The minimum absolute atomic E-state index is 0.0387. The molecule has 2 aliphatic rings. The summed E-state index contributed by atoms with van der Waals surface area (Å²) in [6.45, 7) is 1.17. The average Bonchev–Trinajstić information content (AvgIpc) is 3.27. The number of fused-ring (bicyclic) bond motifs is 1. The van der Waals surface area contributed by atoms with Crippen LogP contribution in [0.1, 0.15) is 33.7 Å². The number of hydrogen-bond donors (Lipinski definition) is 0. The predicted molar refractivity (Wildman–Crippen MR) is 96.3 cm³/mol. The lowest BCUT2D eigenvalue weighted by Gasteiger charge is -2.22. The van der Waals surface area contributed by atoms with Crippen molar-refractivity contribution < 1.29 is 19.1 Å². The summed E-state index contributed by atoms with van der Waals surface area (Å²) in [5, 5.41) is 0. The van der Waals surface area contributed by atoms with E-state index in [4.69, 9.17) is 4.74 Å². The van der Waals surface area contributed by atoms with Gasteiger partial charge in [0.05, 0.1) is 24.6 Å². The second-order valence-electron chi connectivity index (χ2n) is 6.57. The van der Waals surface area contributed by atoms with Crippen LogP contribution >= 0.6 is 0 Å². The molecular formula is C20H19N3O4. The van der Waals surface area contributed by atoms with Gasteiger partial charge in [-0.2, -0.15) is 0 Å². The first-order valence-electron chi connectivity index (χ1n) is 8.93. The maximum atomic E-state index is 12.5. The fourth-order valence-corrected chi connectivity index (χ4v) is 3.53. The van der Waals surface area contributed by atoms with E-state index in [1.54, 1.807) is 17.0 Å². The fraction of sp³-hybridized carbons (Fsp3) is 0.300. The number of ether oxygens (including phenoxy) is 1. The van der Waals surface area contributed by atoms with Gasteiger partial charge in [-0.3, -0.25) is 24.3 Å². The minimum atomic E-state index is -0.373. The summed E-state index contributed by atoms with van der Waals surface area (Å²) in [6.07, 6.45) is 2.34. The molecule has 0 saturated carbocycles. The van der Waals surface area contributed by atoms with Crippen LogP contribution in [0.2, 0.25) is 0 Å². The molecule has 1 atom stereocenters. The van der Waals surface area contributed by atoms with Crippen LogP contribution in [0.4, 0.5) is 0 Å². The number of aromatic nitrogens is 1. The molecular weight excluding hydrogens is 346 g/mol. The molecule has 1 saturated heterocycles. The van der Waals surface area contributed by atoms with Gasteiger partial charge in [-0.15, -0.1) is 0 Å². The average molecular weight is 365 g/mol. The molecule has 2 aliphatic heterocycles. The van der Waals surface area contributed by atoms with E-state index in [-0.39, 0.29) is 35.9 Å². The van der Waals surface area contributed by atoms with Crippen molar-refractivity contribution >= 4 is 17.7 Å². The van der Waals surface area contributed by atoms with Gasteiger partial charge < -0.3 is 9.64 Å². The first kappa shape index (κ1) is 17.2. The molecule has 7 nitrogen and oxygen atoms in total. The summed E-state index contributed by atoms with van der Waals surface area (Å²) >= 11 is 0. The van der Waals surface area contributed by atoms with Crippen molar-refractivity contribution in [3.8, 4) is 5.75 Å². The van der Waals surface area contributed by atoms with Crippen LogP contribution in [0.15, 0.2) is 48.7 Å². The molecule has 3 heterocycles. The van der Waals surface area contributed by atoms with Gasteiger partial charge in [0.1, 0.15) is 11.4 Å². The number of imide groups is 1. The van der Waals surface area contributed by atoms with Crippen molar-refractivity contribution in [2.75, 3.05) is 19.7 Å². The SMILES string of the molecule is O=C(CCOc1ccccc1)N1CCC(N2C(=O)c3cccnc3C2=O)C1. The molecule has 1 fully saturated rings. The molecule has 0 bridgehead atoms. The molecule has 2 aromatic rings. The van der Waals surface area contributed by atoms with E-state index in [1.807, 2.05) is 30.3 Å². The second-order valence-corrected chi connectivity index (χ2v) is 6.57. The first-order chi connectivity index (χ1) is 13.1. The molecule has 0 radical (unpaired) electrons. The largest absolute Gasteiger partial charge is 0.493 e. The van der Waals surface area contributed by atoms with Gasteiger partial charge >= 0.3 is 0 Å². The Bertz CT molecular complexity index is 849. The van der Waals surface area contributed by atoms with Crippen LogP contribution in [0, 0.1) is 0 Å². The smallest absolute Gasteiger partial charge is 0.280 e. The van der Waals surface area contributed by atoms with Crippen molar-refractivity contribution in [1.82, 2.24) is 14.8 Å². The number of pyridine rings is 1. The van der Waals surface area contributed by atoms with E-state index in [0.29, 0.717) is 31.7 Å². The molecule has 0 spiro atoms. The summed E-state index contributed by atoms with van der Waals surface area (Å²) in [5.41, 5.74) is 0.534. The van der Waals surface area contributed by atoms with Gasteiger partial charge in [0.2, 0.25) is 5.91 Å². The Morgan fingerprint density at radius 3 is 2.70 bits per heavy atom. The van der Waals surface area contributed by atoms with Crippen molar-refractivity contribution in [1.29, 1.82) is 0 Å². The summed E-state index contributed by atoms with van der Waals surface area (Å²) in [7, 11) is 0. The van der Waals surface area contributed by atoms with E-state index in [2.05, 4.69) is 4.98 Å². The van der Waals surface area contributed by atoms with E-state index in [0.717, 1.165) is 5.75 Å². The fourth-order valence-electron chi connectivity index (χ4n) is 3.53. The Morgan fingerprint density at radius 2 is 1.93 bits per heavy atom. The molecule has 3 amide bonds. The normalized spacial score (nSPS) is 18.7. The van der Waals surface area contributed by atoms with E-state index in [9.17, 15) is 14.4 Å². The predicted octanol–water partition coefficient (Wildman–Crippen LogP) is 1.75. The number of carbonyl (C=O) groups excluding carboxylic acids is 3. The number of benzene rings is 1. The Morgan fingerprint density at radius 1 is 1.11 bits per heavy atom. The van der Waals surface area contributed by atoms with Crippen LogP contribution < -0.4 is 4.74 Å². The highest BCUT2D eigenvalue weighted by Gasteiger charge is 2.43. The first-order valence-corrected chi connectivity index (χ1v) is 8.93. The molecule has 0 N–H and O–H groups in total. The maximum Gasteiger partial charge on any atom is 0.280 e. The number of hydrogen-bond acceptors (Lipinski definition) is 5. The highest BCUT2D eigenvalue weighted by molar-refractivity contribution is 6.20. The van der Waals surface area contributed by atoms with Gasteiger partial charge in [-0.25, -0.2) is 0 Å². The molecule has 4 rings (SSSR count). The molecule has 0 aliphatic carbocycles. The zero-order chi connectivity index (χ0) is 18.8. The Hall–Kier alpha value is -3.22. The summed E-state index contributed by atoms with van der Waals surface area (Å²) in [4.78, 5) is 44.5. The van der Waals surface area contributed by atoms with Gasteiger partial charge in [-0.1, -0.05) is 18.2 Å². The number of carbonyl (C=O) groups is 3. The lowest BCUT2D eigenvalue weighted by atomic mass is 10.2. The highest BCUT2D eigenvalue weighted by atomic mass is 16.5. The van der Waals surface area contributed by atoms with Gasteiger partial charge in [0, 0.05) is 19.3 Å². The molecule has 27 heavy (non-hydrogen) atoms. The second kappa shape index (κ2) is 7.19. The standard InChI is InChI=1S/C20H19N3O4/c24-17(9-12-27-15-5-2-1-3-6-15)22-11-8-14(13-22)23-19(25)16-7-4-10-21-18(16)20(23)26/h1-7,10,14H,8-9,11-13H2. The van der Waals surface area contributed by atoms with Crippen molar-refractivity contribution in [2.45, 2.75) is 18.9 Å². The Labute approximate surface area is 156 Å². The maximum absolute atomic E-state index is 12.5. The van der Waals surface area contributed by atoms with Crippen LogP contribution in [0.3, 0.4) is 0 Å². The molecule has 138 valence electrons. The Kier molecular flexibility index (Phi) is 4.58. The van der Waals surface area contributed by atoms with Gasteiger partial charge in [0.25, 0.3) is 11.8 Å². The van der Waals surface area contributed by atoms with Crippen LogP contribution in [-0.2, 0) is 4.79 Å². The zero-order valence-electron chi connectivity index (χ0n) is 14.7. The minimum Gasteiger partial charge on any atom is -0.493 e. The third-order valence-corrected chi connectivity index (χ3v) is 4.89. The van der Waals surface area contributed by atoms with Crippen LogP contribution in [0.25, 0.3) is 0 Å². The molecule has 1 aromatic carbocycles. The Balaban J connectivity index is 1.33. The van der Waals surface area contributed by atoms with Crippen molar-refractivity contribution in [2.24, 2.45) is 0 Å². The summed E-state index contributed by atoms with van der Waals surface area (Å²) in [6, 6.07) is 12.3. The topological polar surface area (TPSA) is 79.8 Å². The third-order valence-electron chi connectivity index (χ3n) is 4.89. The number of likely N-dealkylation sites (tertiary alicyclic amines) is 1. The van der Waals surface area contributed by atoms with E-state index >= 15 is 0 Å². The number of para-hydroxylation sites is 1. The molecule has 1 unspecified atom stereocenters. The molecule has 1 aromatic heterocycles. The number of rotatable bonds is 5. The van der Waals surface area contributed by atoms with E-state index in [1.165, 1.54) is 11.1 Å². The summed E-state index contributed by atoms with van der Waals surface area (Å²) in [5.74, 6) is -0.0107. The van der Waals surface area contributed by atoms with Gasteiger partial charge in [0.15, 0.2) is 0 Å². The van der Waals surface area contributed by atoms with E-state index < -0.39 is 0 Å². The van der Waals surface area contributed by atoms with Crippen molar-refractivity contribution in [3.63, 3.8) is 0 Å². The van der Waals surface area contributed by atoms with Crippen LogP contribution in [-0.4, -0.2) is 58.2 Å². The van der Waals surface area contributed by atoms with Gasteiger partial charge in [-0.05, 0) is 30.7 Å². The molecule has 7 heteroatoms. The zero-order valence-corrected chi connectivity index (χ0v) is 14.7. The van der Waals surface area contributed by atoms with Crippen LogP contribution in [0.5, 0.6) is 5.75 Å². The van der Waals surface area contributed by atoms with Crippen molar-refractivity contribution in [3.05, 3.63) is 59.9 Å². The highest BCUT2D eigenvalue weighted by Crippen LogP contribution is 2.27. The number of nitrogens with zero attached hydrogens (tertiary/aromatic N) is 3. The third kappa shape index (κ3) is 3.28. The summed E-state index contributed by atoms with van der Waals surface area (Å²) < 4.78 is 5.56. The lowest BCUT2D eigenvalue weighted by Crippen LogP contribution is -2.42.